The molecule has 74 valence electrons. The van der Waals surface area contributed by atoms with E-state index in [2.05, 4.69) is 23.5 Å². The van der Waals surface area contributed by atoms with Crippen LogP contribution in [-0.4, -0.2) is 12.3 Å². The van der Waals surface area contributed by atoms with Crippen molar-refractivity contribution in [2.75, 3.05) is 11.9 Å². The normalized spacial score (nSPS) is 13.8. The summed E-state index contributed by atoms with van der Waals surface area (Å²) in [6.07, 6.45) is 3.67. The molecule has 0 radical (unpaired) electrons. The average molecular weight is 189 g/mol. The SMILES string of the molecule is CC(=O)CNc1ccc2c(c1)CCC2. The van der Waals surface area contributed by atoms with E-state index in [1.165, 1.54) is 30.4 Å². The molecule has 2 heteroatoms. The van der Waals surface area contributed by atoms with Crippen LogP contribution in [0.25, 0.3) is 0 Å². The highest BCUT2D eigenvalue weighted by Gasteiger charge is 2.10. The summed E-state index contributed by atoms with van der Waals surface area (Å²) in [6, 6.07) is 6.41. The summed E-state index contributed by atoms with van der Waals surface area (Å²) in [4.78, 5) is 10.8. The smallest absolute Gasteiger partial charge is 0.148 e. The number of benzene rings is 1. The molecule has 0 saturated carbocycles. The first kappa shape index (κ1) is 9.25. The zero-order valence-corrected chi connectivity index (χ0v) is 8.47. The monoisotopic (exact) mass is 189 g/mol. The van der Waals surface area contributed by atoms with Gasteiger partial charge in [0.25, 0.3) is 0 Å². The molecule has 0 aromatic heterocycles. The second-order valence-electron chi connectivity index (χ2n) is 3.89. The van der Waals surface area contributed by atoms with Crippen molar-refractivity contribution in [1.29, 1.82) is 0 Å². The summed E-state index contributed by atoms with van der Waals surface area (Å²) < 4.78 is 0. The fraction of sp³-hybridized carbons (Fsp3) is 0.417. The van der Waals surface area contributed by atoms with Gasteiger partial charge >= 0.3 is 0 Å². The third-order valence-corrected chi connectivity index (χ3v) is 2.64. The molecule has 0 saturated heterocycles. The van der Waals surface area contributed by atoms with Crippen molar-refractivity contribution in [3.05, 3.63) is 29.3 Å². The van der Waals surface area contributed by atoms with Crippen LogP contribution in [0, 0.1) is 0 Å². The van der Waals surface area contributed by atoms with E-state index in [1.54, 1.807) is 6.92 Å². The van der Waals surface area contributed by atoms with Crippen molar-refractivity contribution in [3.63, 3.8) is 0 Å². The Morgan fingerprint density at radius 3 is 2.93 bits per heavy atom. The van der Waals surface area contributed by atoms with Gasteiger partial charge in [-0.2, -0.15) is 0 Å². The Bertz CT molecular complexity index is 357. The van der Waals surface area contributed by atoms with Gasteiger partial charge in [-0.05, 0) is 49.4 Å². The first-order valence-electron chi connectivity index (χ1n) is 5.11. The topological polar surface area (TPSA) is 29.1 Å². The van der Waals surface area contributed by atoms with E-state index in [4.69, 9.17) is 0 Å². The van der Waals surface area contributed by atoms with Crippen LogP contribution in [0.4, 0.5) is 5.69 Å². The van der Waals surface area contributed by atoms with Crippen LogP contribution < -0.4 is 5.32 Å². The highest BCUT2D eigenvalue weighted by molar-refractivity contribution is 5.80. The predicted octanol–water partition coefficient (Wildman–Crippen LogP) is 2.18. The lowest BCUT2D eigenvalue weighted by atomic mass is 10.1. The molecule has 0 atom stereocenters. The largest absolute Gasteiger partial charge is 0.378 e. The molecule has 0 aliphatic heterocycles. The number of rotatable bonds is 3. The van der Waals surface area contributed by atoms with Gasteiger partial charge in [-0.25, -0.2) is 0 Å². The molecule has 1 aliphatic carbocycles. The van der Waals surface area contributed by atoms with E-state index < -0.39 is 0 Å². The Labute approximate surface area is 84.3 Å². The van der Waals surface area contributed by atoms with Crippen molar-refractivity contribution in [3.8, 4) is 0 Å². The van der Waals surface area contributed by atoms with Crippen molar-refractivity contribution in [2.45, 2.75) is 26.2 Å². The lowest BCUT2D eigenvalue weighted by Gasteiger charge is -2.06. The van der Waals surface area contributed by atoms with Crippen molar-refractivity contribution >= 4 is 11.5 Å². The number of anilines is 1. The highest BCUT2D eigenvalue weighted by Crippen LogP contribution is 2.24. The van der Waals surface area contributed by atoms with Crippen molar-refractivity contribution < 1.29 is 4.79 Å². The summed E-state index contributed by atoms with van der Waals surface area (Å²) in [6.45, 7) is 2.03. The minimum atomic E-state index is 0.172. The summed E-state index contributed by atoms with van der Waals surface area (Å²) in [5.41, 5.74) is 3.98. The van der Waals surface area contributed by atoms with E-state index >= 15 is 0 Å². The van der Waals surface area contributed by atoms with E-state index in [0.29, 0.717) is 6.54 Å². The molecule has 0 fully saturated rings. The van der Waals surface area contributed by atoms with Crippen molar-refractivity contribution in [2.24, 2.45) is 0 Å². The maximum atomic E-state index is 10.8. The van der Waals surface area contributed by atoms with Gasteiger partial charge in [0.2, 0.25) is 0 Å². The Morgan fingerprint density at radius 2 is 2.14 bits per heavy atom. The first-order valence-corrected chi connectivity index (χ1v) is 5.11. The molecule has 0 heterocycles. The Hall–Kier alpha value is -1.31. The number of aryl methyl sites for hydroxylation is 2. The maximum Gasteiger partial charge on any atom is 0.148 e. The number of carbonyl (C=O) groups excluding carboxylic acids is 1. The molecule has 0 bridgehead atoms. The molecule has 2 rings (SSSR count). The van der Waals surface area contributed by atoms with Crippen LogP contribution in [0.3, 0.4) is 0 Å². The lowest BCUT2D eigenvalue weighted by molar-refractivity contribution is -0.115. The van der Waals surface area contributed by atoms with Crippen LogP contribution in [0.15, 0.2) is 18.2 Å². The molecule has 14 heavy (non-hydrogen) atoms. The molecule has 1 aliphatic rings. The summed E-state index contributed by atoms with van der Waals surface area (Å²) in [7, 11) is 0. The second-order valence-corrected chi connectivity index (χ2v) is 3.89. The summed E-state index contributed by atoms with van der Waals surface area (Å²) >= 11 is 0. The first-order chi connectivity index (χ1) is 6.75. The minimum absolute atomic E-state index is 0.172. The molecule has 1 aromatic rings. The molecular formula is C12H15NO. The number of hydrogen-bond donors (Lipinski definition) is 1. The predicted molar refractivity (Wildman–Crippen MR) is 57.6 cm³/mol. The van der Waals surface area contributed by atoms with Crippen LogP contribution in [-0.2, 0) is 17.6 Å². The van der Waals surface area contributed by atoms with E-state index in [1.807, 2.05) is 0 Å². The van der Waals surface area contributed by atoms with Gasteiger partial charge in [-0.15, -0.1) is 0 Å². The molecule has 0 amide bonds. The molecule has 0 spiro atoms. The number of Topliss-reactive ketones (excluding diaryl/α,β-unsaturated/α-hetero) is 1. The third kappa shape index (κ3) is 1.95. The summed E-state index contributed by atoms with van der Waals surface area (Å²) in [5.74, 6) is 0.172. The Balaban J connectivity index is 2.09. The van der Waals surface area contributed by atoms with Gasteiger partial charge in [0.05, 0.1) is 6.54 Å². The Kier molecular flexibility index (Phi) is 2.53. The number of hydrogen-bond acceptors (Lipinski definition) is 2. The maximum absolute atomic E-state index is 10.8. The van der Waals surface area contributed by atoms with Gasteiger partial charge in [0.15, 0.2) is 0 Å². The number of nitrogens with one attached hydrogen (secondary N) is 1. The highest BCUT2D eigenvalue weighted by atomic mass is 16.1. The van der Waals surface area contributed by atoms with E-state index in [-0.39, 0.29) is 5.78 Å². The number of carbonyl (C=O) groups is 1. The summed E-state index contributed by atoms with van der Waals surface area (Å²) in [5, 5.41) is 3.12. The zero-order chi connectivity index (χ0) is 9.97. The van der Waals surface area contributed by atoms with Gasteiger partial charge < -0.3 is 5.32 Å². The molecule has 1 aromatic carbocycles. The van der Waals surface area contributed by atoms with Gasteiger partial charge in [-0.1, -0.05) is 6.07 Å². The molecule has 0 unspecified atom stereocenters. The fourth-order valence-electron chi connectivity index (χ4n) is 1.91. The second kappa shape index (κ2) is 3.82. The van der Waals surface area contributed by atoms with E-state index in [0.717, 1.165) is 5.69 Å². The fourth-order valence-corrected chi connectivity index (χ4v) is 1.91. The quantitative estimate of drug-likeness (QED) is 0.789. The van der Waals surface area contributed by atoms with Crippen LogP contribution in [0.1, 0.15) is 24.5 Å². The van der Waals surface area contributed by atoms with Gasteiger partial charge in [0, 0.05) is 5.69 Å². The standard InChI is InChI=1S/C12H15NO/c1-9(14)8-13-12-6-5-10-3-2-4-11(10)7-12/h5-7,13H,2-4,8H2,1H3. The van der Waals surface area contributed by atoms with Crippen LogP contribution >= 0.6 is 0 Å². The van der Waals surface area contributed by atoms with E-state index in [9.17, 15) is 4.79 Å². The zero-order valence-electron chi connectivity index (χ0n) is 8.47. The molecule has 1 N–H and O–H groups in total. The van der Waals surface area contributed by atoms with Crippen LogP contribution in [0.5, 0.6) is 0 Å². The van der Waals surface area contributed by atoms with Gasteiger partial charge in [0.1, 0.15) is 5.78 Å². The third-order valence-electron chi connectivity index (χ3n) is 2.64. The lowest BCUT2D eigenvalue weighted by Crippen LogP contribution is -2.09. The average Bonchev–Trinajstić information content (AvgIpc) is 2.61. The van der Waals surface area contributed by atoms with Gasteiger partial charge in [-0.3, -0.25) is 4.79 Å². The number of fused-ring (bicyclic) bond motifs is 1. The minimum Gasteiger partial charge on any atom is -0.378 e. The number of ketones is 1. The Morgan fingerprint density at radius 1 is 1.36 bits per heavy atom. The molecule has 2 nitrogen and oxygen atoms in total. The molecular weight excluding hydrogens is 174 g/mol. The van der Waals surface area contributed by atoms with Crippen molar-refractivity contribution in [1.82, 2.24) is 0 Å². The van der Waals surface area contributed by atoms with Crippen LogP contribution in [0.2, 0.25) is 0 Å².